The lowest BCUT2D eigenvalue weighted by atomic mass is 10.1. The molecule has 0 unspecified atom stereocenters. The molecule has 5 nitrogen and oxygen atoms in total. The molecule has 1 heterocycles. The number of benzene rings is 2. The van der Waals surface area contributed by atoms with E-state index in [4.69, 9.17) is 9.47 Å². The fraction of sp³-hybridized carbons (Fsp3) is 0.350. The zero-order chi connectivity index (χ0) is 17.6. The molecule has 1 aliphatic rings. The SMILES string of the molecule is C[C@H](CCc1ccccc1)NC(=O)[C@H](C)Nc1ccc2c(c1)OCO2. The van der Waals surface area contributed by atoms with Crippen LogP contribution in [-0.2, 0) is 11.2 Å². The molecule has 2 atom stereocenters. The highest BCUT2D eigenvalue weighted by molar-refractivity contribution is 5.84. The van der Waals surface area contributed by atoms with Crippen molar-refractivity contribution in [3.05, 3.63) is 54.1 Å². The van der Waals surface area contributed by atoms with Gasteiger partial charge in [0.05, 0.1) is 0 Å². The van der Waals surface area contributed by atoms with Crippen LogP contribution in [0.2, 0.25) is 0 Å². The standard InChI is InChI=1S/C20H24N2O3/c1-14(8-9-16-6-4-3-5-7-16)21-20(23)15(2)22-17-10-11-18-19(12-17)25-13-24-18/h3-7,10-12,14-15,22H,8-9,13H2,1-2H3,(H,21,23)/t14-,15+/m1/s1. The first-order valence-electron chi connectivity index (χ1n) is 8.62. The van der Waals surface area contributed by atoms with Crippen molar-refractivity contribution in [1.82, 2.24) is 5.32 Å². The number of carbonyl (C=O) groups is 1. The molecule has 2 aromatic rings. The average molecular weight is 340 g/mol. The van der Waals surface area contributed by atoms with Crippen LogP contribution < -0.4 is 20.1 Å². The van der Waals surface area contributed by atoms with Gasteiger partial charge in [-0.2, -0.15) is 0 Å². The molecule has 5 heteroatoms. The van der Waals surface area contributed by atoms with Gasteiger partial charge in [-0.1, -0.05) is 30.3 Å². The minimum atomic E-state index is -0.334. The van der Waals surface area contributed by atoms with Crippen LogP contribution in [0.3, 0.4) is 0 Å². The molecule has 0 aliphatic carbocycles. The maximum Gasteiger partial charge on any atom is 0.242 e. The summed E-state index contributed by atoms with van der Waals surface area (Å²) in [4.78, 5) is 12.4. The van der Waals surface area contributed by atoms with E-state index in [1.165, 1.54) is 5.56 Å². The van der Waals surface area contributed by atoms with E-state index in [1.54, 1.807) is 0 Å². The Labute approximate surface area is 148 Å². The molecule has 0 aromatic heterocycles. The fourth-order valence-electron chi connectivity index (χ4n) is 2.77. The molecule has 2 aromatic carbocycles. The van der Waals surface area contributed by atoms with Crippen molar-refractivity contribution in [1.29, 1.82) is 0 Å². The molecule has 1 aliphatic heterocycles. The zero-order valence-corrected chi connectivity index (χ0v) is 14.6. The molecule has 1 amide bonds. The lowest BCUT2D eigenvalue weighted by Gasteiger charge is -2.19. The summed E-state index contributed by atoms with van der Waals surface area (Å²) in [6.07, 6.45) is 1.86. The molecule has 25 heavy (non-hydrogen) atoms. The molecule has 3 rings (SSSR count). The molecule has 0 saturated heterocycles. The number of rotatable bonds is 7. The van der Waals surface area contributed by atoms with Crippen molar-refractivity contribution in [3.8, 4) is 11.5 Å². The van der Waals surface area contributed by atoms with Crippen molar-refractivity contribution in [2.45, 2.75) is 38.8 Å². The summed E-state index contributed by atoms with van der Waals surface area (Å²) >= 11 is 0. The Morgan fingerprint density at radius 1 is 1.08 bits per heavy atom. The summed E-state index contributed by atoms with van der Waals surface area (Å²) < 4.78 is 10.6. The maximum absolute atomic E-state index is 12.4. The van der Waals surface area contributed by atoms with E-state index in [1.807, 2.05) is 50.2 Å². The normalized spacial score (nSPS) is 14.6. The number of anilines is 1. The second kappa shape index (κ2) is 7.92. The van der Waals surface area contributed by atoms with Gasteiger partial charge in [-0.25, -0.2) is 0 Å². The van der Waals surface area contributed by atoms with Crippen molar-refractivity contribution >= 4 is 11.6 Å². The number of fused-ring (bicyclic) bond motifs is 1. The number of amides is 1. The number of nitrogens with one attached hydrogen (secondary N) is 2. The van der Waals surface area contributed by atoms with E-state index in [2.05, 4.69) is 22.8 Å². The van der Waals surface area contributed by atoms with Crippen molar-refractivity contribution < 1.29 is 14.3 Å². The minimum Gasteiger partial charge on any atom is -0.454 e. The first kappa shape index (κ1) is 17.1. The van der Waals surface area contributed by atoms with Gasteiger partial charge >= 0.3 is 0 Å². The van der Waals surface area contributed by atoms with E-state index in [9.17, 15) is 4.79 Å². The third-order valence-corrected chi connectivity index (χ3v) is 4.25. The van der Waals surface area contributed by atoms with Crippen LogP contribution in [0.15, 0.2) is 48.5 Å². The van der Waals surface area contributed by atoms with Crippen molar-refractivity contribution in [3.63, 3.8) is 0 Å². The lowest BCUT2D eigenvalue weighted by Crippen LogP contribution is -2.42. The Hall–Kier alpha value is -2.69. The molecule has 2 N–H and O–H groups in total. The van der Waals surface area contributed by atoms with Gasteiger partial charge < -0.3 is 20.1 Å². The Morgan fingerprint density at radius 3 is 2.64 bits per heavy atom. The molecular weight excluding hydrogens is 316 g/mol. The van der Waals surface area contributed by atoms with Crippen LogP contribution in [0.1, 0.15) is 25.8 Å². The molecule has 0 spiro atoms. The minimum absolute atomic E-state index is 0.0155. The molecule has 0 saturated carbocycles. The largest absolute Gasteiger partial charge is 0.454 e. The monoisotopic (exact) mass is 340 g/mol. The average Bonchev–Trinajstić information content (AvgIpc) is 3.08. The van der Waals surface area contributed by atoms with Gasteiger partial charge in [0.15, 0.2) is 11.5 Å². The first-order chi connectivity index (χ1) is 12.1. The van der Waals surface area contributed by atoms with Crippen LogP contribution in [0.25, 0.3) is 0 Å². The predicted octanol–water partition coefficient (Wildman–Crippen LogP) is 3.35. The third kappa shape index (κ3) is 4.66. The summed E-state index contributed by atoms with van der Waals surface area (Å²) in [7, 11) is 0. The second-order valence-corrected chi connectivity index (χ2v) is 6.37. The van der Waals surface area contributed by atoms with Gasteiger partial charge in [0.1, 0.15) is 6.04 Å². The highest BCUT2D eigenvalue weighted by Gasteiger charge is 2.17. The number of hydrogen-bond acceptors (Lipinski definition) is 4. The van der Waals surface area contributed by atoms with Gasteiger partial charge in [-0.15, -0.1) is 0 Å². The Morgan fingerprint density at radius 2 is 1.84 bits per heavy atom. The van der Waals surface area contributed by atoms with Crippen LogP contribution in [0, 0.1) is 0 Å². The van der Waals surface area contributed by atoms with Crippen molar-refractivity contribution in [2.24, 2.45) is 0 Å². The van der Waals surface area contributed by atoms with Crippen LogP contribution in [-0.4, -0.2) is 24.8 Å². The number of aryl methyl sites for hydroxylation is 1. The van der Waals surface area contributed by atoms with Gasteiger partial charge in [-0.05, 0) is 44.4 Å². The second-order valence-electron chi connectivity index (χ2n) is 6.37. The first-order valence-corrected chi connectivity index (χ1v) is 8.62. The molecule has 0 fully saturated rings. The predicted molar refractivity (Wildman–Crippen MR) is 98.0 cm³/mol. The Kier molecular flexibility index (Phi) is 5.43. The van der Waals surface area contributed by atoms with E-state index in [-0.39, 0.29) is 24.8 Å². The lowest BCUT2D eigenvalue weighted by molar-refractivity contribution is -0.122. The summed E-state index contributed by atoms with van der Waals surface area (Å²) in [5, 5.41) is 6.27. The Bertz CT molecular complexity index is 718. The van der Waals surface area contributed by atoms with E-state index in [0.717, 1.165) is 24.3 Å². The number of ether oxygens (including phenoxy) is 2. The topological polar surface area (TPSA) is 59.6 Å². The highest BCUT2D eigenvalue weighted by atomic mass is 16.7. The number of hydrogen-bond donors (Lipinski definition) is 2. The summed E-state index contributed by atoms with van der Waals surface area (Å²) in [5.74, 6) is 1.42. The van der Waals surface area contributed by atoms with Gasteiger partial charge in [0, 0.05) is 17.8 Å². The summed E-state index contributed by atoms with van der Waals surface area (Å²) in [5.41, 5.74) is 2.12. The maximum atomic E-state index is 12.4. The molecule has 0 bridgehead atoms. The molecule has 0 radical (unpaired) electrons. The summed E-state index contributed by atoms with van der Waals surface area (Å²) in [6, 6.07) is 15.7. The van der Waals surface area contributed by atoms with Crippen LogP contribution in [0.4, 0.5) is 5.69 Å². The molecule has 132 valence electrons. The van der Waals surface area contributed by atoms with E-state index < -0.39 is 0 Å². The van der Waals surface area contributed by atoms with Crippen LogP contribution >= 0.6 is 0 Å². The van der Waals surface area contributed by atoms with Crippen molar-refractivity contribution in [2.75, 3.05) is 12.1 Å². The Balaban J connectivity index is 1.47. The van der Waals surface area contributed by atoms with Crippen LogP contribution in [0.5, 0.6) is 11.5 Å². The van der Waals surface area contributed by atoms with Gasteiger partial charge in [0.25, 0.3) is 0 Å². The van der Waals surface area contributed by atoms with E-state index in [0.29, 0.717) is 5.75 Å². The smallest absolute Gasteiger partial charge is 0.242 e. The van der Waals surface area contributed by atoms with Gasteiger partial charge in [-0.3, -0.25) is 4.79 Å². The van der Waals surface area contributed by atoms with E-state index >= 15 is 0 Å². The number of carbonyl (C=O) groups excluding carboxylic acids is 1. The fourth-order valence-corrected chi connectivity index (χ4v) is 2.77. The highest BCUT2D eigenvalue weighted by Crippen LogP contribution is 2.34. The quantitative estimate of drug-likeness (QED) is 0.811. The molecular formula is C20H24N2O3. The van der Waals surface area contributed by atoms with Gasteiger partial charge in [0.2, 0.25) is 12.7 Å². The zero-order valence-electron chi connectivity index (χ0n) is 14.6. The third-order valence-electron chi connectivity index (χ3n) is 4.25. The summed E-state index contributed by atoms with van der Waals surface area (Å²) in [6.45, 7) is 4.13.